The van der Waals surface area contributed by atoms with Crippen molar-refractivity contribution in [1.29, 1.82) is 0 Å². The highest BCUT2D eigenvalue weighted by molar-refractivity contribution is 8.00. The quantitative estimate of drug-likeness (QED) is 0.104. The number of carbonyl (C=O) groups excluding carboxylic acids is 3. The fourth-order valence-corrected chi connectivity index (χ4v) is 5.70. The lowest BCUT2D eigenvalue weighted by Crippen LogP contribution is -2.30. The number of carbonyl (C=O) groups is 3. The molecular weight excluding hydrogens is 627 g/mol. The lowest BCUT2D eigenvalue weighted by Gasteiger charge is -2.18. The van der Waals surface area contributed by atoms with Crippen molar-refractivity contribution in [2.45, 2.75) is 10.1 Å². The van der Waals surface area contributed by atoms with Gasteiger partial charge in [-0.05, 0) is 65.7 Å². The van der Waals surface area contributed by atoms with E-state index in [2.05, 4.69) is 20.9 Å². The fourth-order valence-electron chi connectivity index (χ4n) is 4.26. The number of nitrogens with zero attached hydrogens (tertiary/aromatic N) is 1. The maximum absolute atomic E-state index is 13.6. The van der Waals surface area contributed by atoms with E-state index in [-0.39, 0.29) is 16.6 Å². The molecule has 0 saturated heterocycles. The zero-order valence-corrected chi connectivity index (χ0v) is 25.9. The van der Waals surface area contributed by atoms with E-state index < -0.39 is 17.1 Å². The molecule has 0 fully saturated rings. The van der Waals surface area contributed by atoms with Crippen LogP contribution in [0.2, 0.25) is 10.0 Å². The van der Waals surface area contributed by atoms with Gasteiger partial charge in [-0.2, -0.15) is 0 Å². The van der Waals surface area contributed by atoms with Crippen LogP contribution in [0.3, 0.4) is 0 Å². The Balaban J connectivity index is 1.39. The number of thioether (sulfide) groups is 1. The van der Waals surface area contributed by atoms with Gasteiger partial charge in [0.25, 0.3) is 11.8 Å². The normalized spacial score (nSPS) is 11.7. The van der Waals surface area contributed by atoms with Crippen LogP contribution in [0.4, 0.5) is 11.4 Å². The summed E-state index contributed by atoms with van der Waals surface area (Å²) in [6, 6.07) is 33.6. The monoisotopic (exact) mass is 652 g/mol. The third-order valence-electron chi connectivity index (χ3n) is 6.44. The van der Waals surface area contributed by atoms with E-state index in [4.69, 9.17) is 23.2 Å². The average Bonchev–Trinajstić information content (AvgIpc) is 3.06. The molecule has 0 bridgehead atoms. The molecule has 0 radical (unpaired) electrons. The minimum atomic E-state index is -0.587. The van der Waals surface area contributed by atoms with Crippen molar-refractivity contribution in [3.8, 4) is 0 Å². The molecule has 5 rings (SSSR count). The molecule has 0 aliphatic heterocycles. The zero-order valence-electron chi connectivity index (χ0n) is 23.6. The molecule has 10 heteroatoms. The minimum Gasteiger partial charge on any atom is -0.325 e. The molecule has 0 saturated carbocycles. The summed E-state index contributed by atoms with van der Waals surface area (Å²) in [4.78, 5) is 44.8. The first kappa shape index (κ1) is 31.5. The van der Waals surface area contributed by atoms with E-state index in [0.29, 0.717) is 27.5 Å². The van der Waals surface area contributed by atoms with E-state index in [9.17, 15) is 14.4 Å². The second-order valence-electron chi connectivity index (χ2n) is 9.64. The number of pyridine rings is 1. The first-order valence-electron chi connectivity index (χ1n) is 13.7. The maximum atomic E-state index is 13.6. The molecule has 1 atom stereocenters. The summed E-state index contributed by atoms with van der Waals surface area (Å²) >= 11 is 13.9. The third-order valence-corrected chi connectivity index (χ3v) is 8.53. The molecule has 1 unspecified atom stereocenters. The summed E-state index contributed by atoms with van der Waals surface area (Å²) in [6.45, 7) is 0. The Hall–Kier alpha value is -4.89. The standard InChI is InChI=1S/C35H26Cl2N4O3S/c36-29-16-7-13-25(31(29)37)21-30(41-33(42)24-11-5-2-6-12-24)34(43)40-27-14-8-15-28(22-27)45-32(23-9-3-1-4-10-23)35(44)39-26-17-19-38-20-18-26/h1-22,32H,(H,40,43)(H,41,42)(H,38,39,44)/b30-21+. The largest absolute Gasteiger partial charge is 0.325 e. The molecule has 45 heavy (non-hydrogen) atoms. The molecule has 4 aromatic carbocycles. The lowest BCUT2D eigenvalue weighted by atomic mass is 10.1. The van der Waals surface area contributed by atoms with Gasteiger partial charge in [0.05, 0.1) is 10.0 Å². The Morgan fingerprint density at radius 1 is 0.733 bits per heavy atom. The van der Waals surface area contributed by atoms with Crippen molar-refractivity contribution >= 4 is 70.1 Å². The van der Waals surface area contributed by atoms with Crippen LogP contribution in [0.5, 0.6) is 0 Å². The number of halogens is 2. The van der Waals surface area contributed by atoms with Crippen LogP contribution in [-0.4, -0.2) is 22.7 Å². The van der Waals surface area contributed by atoms with Crippen LogP contribution in [-0.2, 0) is 9.59 Å². The topological polar surface area (TPSA) is 100 Å². The minimum absolute atomic E-state index is 0.0371. The van der Waals surface area contributed by atoms with Crippen molar-refractivity contribution in [2.75, 3.05) is 10.6 Å². The first-order valence-corrected chi connectivity index (χ1v) is 15.4. The molecule has 7 nitrogen and oxygen atoms in total. The highest BCUT2D eigenvalue weighted by Crippen LogP contribution is 2.37. The number of benzene rings is 4. The smallest absolute Gasteiger partial charge is 0.272 e. The predicted molar refractivity (Wildman–Crippen MR) is 181 cm³/mol. The van der Waals surface area contributed by atoms with Crippen molar-refractivity contribution in [3.63, 3.8) is 0 Å². The molecule has 0 spiro atoms. The van der Waals surface area contributed by atoms with Crippen molar-refractivity contribution in [2.24, 2.45) is 0 Å². The summed E-state index contributed by atoms with van der Waals surface area (Å²) in [6.07, 6.45) is 4.69. The average molecular weight is 654 g/mol. The van der Waals surface area contributed by atoms with Crippen LogP contribution in [0.1, 0.15) is 26.7 Å². The highest BCUT2D eigenvalue weighted by Gasteiger charge is 2.23. The predicted octanol–water partition coefficient (Wildman–Crippen LogP) is 8.27. The van der Waals surface area contributed by atoms with Gasteiger partial charge in [0.15, 0.2) is 0 Å². The molecule has 3 N–H and O–H groups in total. The van der Waals surface area contributed by atoms with Crippen LogP contribution in [0.15, 0.2) is 138 Å². The van der Waals surface area contributed by atoms with Crippen LogP contribution < -0.4 is 16.0 Å². The van der Waals surface area contributed by atoms with Crippen LogP contribution in [0.25, 0.3) is 6.08 Å². The fraction of sp³-hybridized carbons (Fsp3) is 0.0286. The third kappa shape index (κ3) is 8.61. The molecule has 224 valence electrons. The number of amides is 3. The Morgan fingerprint density at radius 3 is 2.16 bits per heavy atom. The summed E-state index contributed by atoms with van der Waals surface area (Å²) in [5.74, 6) is -1.25. The van der Waals surface area contributed by atoms with E-state index >= 15 is 0 Å². The van der Waals surface area contributed by atoms with Gasteiger partial charge in [-0.15, -0.1) is 11.8 Å². The Labute approximate surface area is 274 Å². The van der Waals surface area contributed by atoms with E-state index in [1.54, 1.807) is 91.3 Å². The summed E-state index contributed by atoms with van der Waals surface area (Å²) in [5, 5.41) is 8.47. The van der Waals surface area contributed by atoms with Gasteiger partial charge < -0.3 is 16.0 Å². The van der Waals surface area contributed by atoms with Gasteiger partial charge in [0.2, 0.25) is 5.91 Å². The number of rotatable bonds is 10. The van der Waals surface area contributed by atoms with Gasteiger partial charge in [-0.25, -0.2) is 0 Å². The van der Waals surface area contributed by atoms with Crippen LogP contribution in [0, 0.1) is 0 Å². The summed E-state index contributed by atoms with van der Waals surface area (Å²) in [5.41, 5.74) is 2.71. The van der Waals surface area contributed by atoms with Crippen molar-refractivity contribution < 1.29 is 14.4 Å². The zero-order chi connectivity index (χ0) is 31.6. The maximum Gasteiger partial charge on any atom is 0.272 e. The van der Waals surface area contributed by atoms with Gasteiger partial charge >= 0.3 is 0 Å². The molecule has 1 aromatic heterocycles. The van der Waals surface area contributed by atoms with Gasteiger partial charge in [0, 0.05) is 34.2 Å². The Kier molecular flexibility index (Phi) is 10.7. The number of anilines is 2. The van der Waals surface area contributed by atoms with E-state index in [1.165, 1.54) is 17.8 Å². The number of hydrogen-bond donors (Lipinski definition) is 3. The summed E-state index contributed by atoms with van der Waals surface area (Å²) in [7, 11) is 0. The van der Waals surface area contributed by atoms with Gasteiger partial charge in [0.1, 0.15) is 10.9 Å². The second-order valence-corrected chi connectivity index (χ2v) is 11.6. The van der Waals surface area contributed by atoms with Gasteiger partial charge in [-0.1, -0.05) is 89.9 Å². The molecule has 1 heterocycles. The molecule has 3 amide bonds. The summed E-state index contributed by atoms with van der Waals surface area (Å²) < 4.78 is 0. The number of nitrogens with one attached hydrogen (secondary N) is 3. The van der Waals surface area contributed by atoms with E-state index in [1.807, 2.05) is 36.4 Å². The first-order chi connectivity index (χ1) is 21.9. The van der Waals surface area contributed by atoms with E-state index in [0.717, 1.165) is 10.5 Å². The molecule has 0 aliphatic carbocycles. The van der Waals surface area contributed by atoms with Crippen molar-refractivity contribution in [3.05, 3.63) is 160 Å². The molecule has 5 aromatic rings. The SMILES string of the molecule is O=C(Nc1cccc(SC(C(=O)Nc2ccncc2)c2ccccc2)c1)/C(=C\c1cccc(Cl)c1Cl)NC(=O)c1ccccc1. The lowest BCUT2D eigenvalue weighted by molar-refractivity contribution is -0.116. The number of hydrogen-bond acceptors (Lipinski definition) is 5. The molecule has 0 aliphatic rings. The second kappa shape index (κ2) is 15.2. The van der Waals surface area contributed by atoms with Crippen molar-refractivity contribution in [1.82, 2.24) is 10.3 Å². The molecular formula is C35H26Cl2N4O3S. The highest BCUT2D eigenvalue weighted by atomic mass is 35.5. The Morgan fingerprint density at radius 2 is 1.42 bits per heavy atom. The van der Waals surface area contributed by atoms with Gasteiger partial charge in [-0.3, -0.25) is 19.4 Å². The Bertz CT molecular complexity index is 1840. The van der Waals surface area contributed by atoms with Crippen LogP contribution >= 0.6 is 35.0 Å². The number of aromatic nitrogens is 1.